The number of nitrogens with one attached hydrogen (secondary N) is 1. The fourth-order valence-corrected chi connectivity index (χ4v) is 2.67. The molecule has 1 aromatic rings. The highest BCUT2D eigenvalue weighted by Crippen LogP contribution is 2.20. The molecule has 4 heteroatoms. The molecule has 2 rings (SSSR count). The molecule has 0 saturated carbocycles. The summed E-state index contributed by atoms with van der Waals surface area (Å²) in [5, 5.41) is 3.36. The summed E-state index contributed by atoms with van der Waals surface area (Å²) < 4.78 is 0. The van der Waals surface area contributed by atoms with Gasteiger partial charge in [0.2, 0.25) is 5.91 Å². The number of anilines is 1. The number of carbonyl (C=O) groups is 1. The van der Waals surface area contributed by atoms with Crippen molar-refractivity contribution in [1.29, 1.82) is 0 Å². The van der Waals surface area contributed by atoms with Crippen LogP contribution in [0.25, 0.3) is 0 Å². The van der Waals surface area contributed by atoms with Gasteiger partial charge in [0.25, 0.3) is 0 Å². The Morgan fingerprint density at radius 1 is 1.30 bits per heavy atom. The summed E-state index contributed by atoms with van der Waals surface area (Å²) in [6.45, 7) is 8.61. The van der Waals surface area contributed by atoms with Crippen LogP contribution in [0.15, 0.2) is 18.2 Å². The van der Waals surface area contributed by atoms with Gasteiger partial charge in [0, 0.05) is 25.8 Å². The molecule has 0 spiro atoms. The van der Waals surface area contributed by atoms with Crippen molar-refractivity contribution in [2.45, 2.75) is 20.3 Å². The zero-order chi connectivity index (χ0) is 14.5. The van der Waals surface area contributed by atoms with Crippen LogP contribution in [0.4, 0.5) is 5.69 Å². The largest absolute Gasteiger partial charge is 0.315 e. The van der Waals surface area contributed by atoms with Crippen molar-refractivity contribution in [1.82, 2.24) is 10.2 Å². The van der Waals surface area contributed by atoms with Gasteiger partial charge in [-0.05, 0) is 45.0 Å². The van der Waals surface area contributed by atoms with Crippen LogP contribution in [0.5, 0.6) is 0 Å². The fourth-order valence-electron chi connectivity index (χ4n) is 2.67. The van der Waals surface area contributed by atoms with Crippen molar-refractivity contribution in [3.8, 4) is 0 Å². The summed E-state index contributed by atoms with van der Waals surface area (Å²) in [6, 6.07) is 6.21. The maximum atomic E-state index is 12.4. The summed E-state index contributed by atoms with van der Waals surface area (Å²) in [6.07, 6.45) is 1.11. The second kappa shape index (κ2) is 6.86. The predicted molar refractivity (Wildman–Crippen MR) is 83.3 cm³/mol. The van der Waals surface area contributed by atoms with Gasteiger partial charge in [0.15, 0.2) is 0 Å². The number of hydrogen-bond acceptors (Lipinski definition) is 3. The van der Waals surface area contributed by atoms with E-state index in [2.05, 4.69) is 36.2 Å². The van der Waals surface area contributed by atoms with Crippen LogP contribution in [0.2, 0.25) is 0 Å². The van der Waals surface area contributed by atoms with Gasteiger partial charge in [-0.15, -0.1) is 0 Å². The molecule has 0 radical (unpaired) electrons. The molecule has 0 bridgehead atoms. The Morgan fingerprint density at radius 3 is 2.85 bits per heavy atom. The van der Waals surface area contributed by atoms with Crippen LogP contribution in [0, 0.1) is 13.8 Å². The summed E-state index contributed by atoms with van der Waals surface area (Å²) >= 11 is 0. The number of benzene rings is 1. The lowest BCUT2D eigenvalue weighted by atomic mass is 10.1. The van der Waals surface area contributed by atoms with E-state index >= 15 is 0 Å². The first-order valence-electron chi connectivity index (χ1n) is 7.35. The van der Waals surface area contributed by atoms with Gasteiger partial charge in [0.1, 0.15) is 0 Å². The van der Waals surface area contributed by atoms with E-state index in [0.717, 1.165) is 43.9 Å². The second-order valence-electron chi connectivity index (χ2n) is 5.62. The summed E-state index contributed by atoms with van der Waals surface area (Å²) in [5.74, 6) is 0.166. The SMILES string of the molecule is Cc1ccc(N(C)C(=O)CN2CCCNCC2)c(C)c1. The molecular weight excluding hydrogens is 250 g/mol. The molecule has 1 saturated heterocycles. The van der Waals surface area contributed by atoms with Gasteiger partial charge in [-0.3, -0.25) is 9.69 Å². The smallest absolute Gasteiger partial charge is 0.240 e. The standard InChI is InChI=1S/C16H25N3O/c1-13-5-6-15(14(2)11-13)18(3)16(20)12-19-9-4-7-17-8-10-19/h5-6,11,17H,4,7-10,12H2,1-3H3. The van der Waals surface area contributed by atoms with Crippen molar-refractivity contribution < 1.29 is 4.79 Å². The minimum absolute atomic E-state index is 0.166. The monoisotopic (exact) mass is 275 g/mol. The number of aryl methyl sites for hydroxylation is 2. The number of amides is 1. The zero-order valence-electron chi connectivity index (χ0n) is 12.8. The van der Waals surface area contributed by atoms with Crippen molar-refractivity contribution >= 4 is 11.6 Å². The van der Waals surface area contributed by atoms with Crippen LogP contribution in [0.3, 0.4) is 0 Å². The minimum atomic E-state index is 0.166. The molecule has 1 fully saturated rings. The van der Waals surface area contributed by atoms with Gasteiger partial charge in [-0.2, -0.15) is 0 Å². The third-order valence-corrected chi connectivity index (χ3v) is 3.88. The lowest BCUT2D eigenvalue weighted by molar-refractivity contribution is -0.119. The first-order valence-corrected chi connectivity index (χ1v) is 7.35. The molecule has 1 aliphatic rings. The maximum Gasteiger partial charge on any atom is 0.240 e. The summed E-state index contributed by atoms with van der Waals surface area (Å²) in [7, 11) is 1.87. The Bertz CT molecular complexity index is 465. The first-order chi connectivity index (χ1) is 9.58. The van der Waals surface area contributed by atoms with Crippen LogP contribution in [0.1, 0.15) is 17.5 Å². The molecule has 1 N–H and O–H groups in total. The molecule has 0 atom stereocenters. The molecule has 1 aromatic carbocycles. The average molecular weight is 275 g/mol. The van der Waals surface area contributed by atoms with Crippen molar-refractivity contribution in [2.24, 2.45) is 0 Å². The second-order valence-corrected chi connectivity index (χ2v) is 5.62. The van der Waals surface area contributed by atoms with Crippen LogP contribution in [-0.2, 0) is 4.79 Å². The number of rotatable bonds is 3. The Hall–Kier alpha value is -1.39. The van der Waals surface area contributed by atoms with E-state index in [0.29, 0.717) is 6.54 Å². The lowest BCUT2D eigenvalue weighted by Gasteiger charge is -2.24. The first kappa shape index (κ1) is 15.0. The highest BCUT2D eigenvalue weighted by molar-refractivity contribution is 5.95. The van der Waals surface area contributed by atoms with Gasteiger partial charge in [-0.25, -0.2) is 0 Å². The average Bonchev–Trinajstić information content (AvgIpc) is 2.66. The lowest BCUT2D eigenvalue weighted by Crippen LogP contribution is -2.40. The molecule has 4 nitrogen and oxygen atoms in total. The van der Waals surface area contributed by atoms with E-state index in [1.807, 2.05) is 13.1 Å². The van der Waals surface area contributed by atoms with E-state index in [1.54, 1.807) is 4.90 Å². The topological polar surface area (TPSA) is 35.6 Å². The van der Waals surface area contributed by atoms with E-state index < -0.39 is 0 Å². The Labute approximate surface area is 121 Å². The van der Waals surface area contributed by atoms with Gasteiger partial charge in [0.05, 0.1) is 6.54 Å². The van der Waals surface area contributed by atoms with Crippen molar-refractivity contribution in [3.63, 3.8) is 0 Å². The summed E-state index contributed by atoms with van der Waals surface area (Å²) in [4.78, 5) is 16.4. The highest BCUT2D eigenvalue weighted by Gasteiger charge is 2.17. The van der Waals surface area contributed by atoms with Crippen molar-refractivity contribution in [2.75, 3.05) is 44.7 Å². The molecule has 110 valence electrons. The number of hydrogen-bond donors (Lipinski definition) is 1. The third-order valence-electron chi connectivity index (χ3n) is 3.88. The molecule has 0 aromatic heterocycles. The summed E-state index contributed by atoms with van der Waals surface area (Å²) in [5.41, 5.74) is 3.39. The van der Waals surface area contributed by atoms with Gasteiger partial charge < -0.3 is 10.2 Å². The molecule has 1 heterocycles. The van der Waals surface area contributed by atoms with E-state index in [1.165, 1.54) is 5.56 Å². The third kappa shape index (κ3) is 3.81. The van der Waals surface area contributed by atoms with E-state index in [9.17, 15) is 4.79 Å². The van der Waals surface area contributed by atoms with Gasteiger partial charge >= 0.3 is 0 Å². The number of carbonyl (C=O) groups excluding carboxylic acids is 1. The molecule has 1 aliphatic heterocycles. The van der Waals surface area contributed by atoms with Crippen molar-refractivity contribution in [3.05, 3.63) is 29.3 Å². The molecule has 1 amide bonds. The molecule has 20 heavy (non-hydrogen) atoms. The number of likely N-dealkylation sites (N-methyl/N-ethyl adjacent to an activating group) is 1. The molecular formula is C16H25N3O. The highest BCUT2D eigenvalue weighted by atomic mass is 16.2. The number of nitrogens with zero attached hydrogens (tertiary/aromatic N) is 2. The Kier molecular flexibility index (Phi) is 5.15. The van der Waals surface area contributed by atoms with E-state index in [-0.39, 0.29) is 5.91 Å². The Morgan fingerprint density at radius 2 is 2.10 bits per heavy atom. The minimum Gasteiger partial charge on any atom is -0.315 e. The fraction of sp³-hybridized carbons (Fsp3) is 0.562. The van der Waals surface area contributed by atoms with Gasteiger partial charge in [-0.1, -0.05) is 17.7 Å². The van der Waals surface area contributed by atoms with Crippen LogP contribution < -0.4 is 10.2 Å². The van der Waals surface area contributed by atoms with E-state index in [4.69, 9.17) is 0 Å². The van der Waals surface area contributed by atoms with Crippen LogP contribution >= 0.6 is 0 Å². The van der Waals surface area contributed by atoms with Crippen LogP contribution in [-0.4, -0.2) is 50.6 Å². The zero-order valence-corrected chi connectivity index (χ0v) is 12.8. The maximum absolute atomic E-state index is 12.4. The molecule has 0 unspecified atom stereocenters. The predicted octanol–water partition coefficient (Wildman–Crippen LogP) is 1.56. The normalized spacial score (nSPS) is 16.8. The molecule has 0 aliphatic carbocycles. The Balaban J connectivity index is 2.00. The quantitative estimate of drug-likeness (QED) is 0.909.